The summed E-state index contributed by atoms with van der Waals surface area (Å²) in [5.41, 5.74) is 0. The summed E-state index contributed by atoms with van der Waals surface area (Å²) in [6, 6.07) is 4.37. The second-order valence-corrected chi connectivity index (χ2v) is 4.66. The van der Waals surface area contributed by atoms with Gasteiger partial charge in [-0.2, -0.15) is 0 Å². The Labute approximate surface area is 113 Å². The van der Waals surface area contributed by atoms with Crippen LogP contribution in [-0.2, 0) is 4.79 Å². The molecule has 18 heavy (non-hydrogen) atoms. The second-order valence-electron chi connectivity index (χ2n) is 4.25. The molecule has 1 rings (SSSR count). The summed E-state index contributed by atoms with van der Waals surface area (Å²) in [5.74, 6) is 0.0978. The van der Waals surface area contributed by atoms with E-state index in [0.717, 1.165) is 19.3 Å². The van der Waals surface area contributed by atoms with Crippen LogP contribution in [0.25, 0.3) is 0 Å². The number of phenols is 1. The molecule has 0 saturated heterocycles. The van der Waals surface area contributed by atoms with Crippen molar-refractivity contribution in [1.82, 2.24) is 0 Å². The largest absolute Gasteiger partial charge is 0.506 e. The number of esters is 1. The third-order valence-corrected chi connectivity index (χ3v) is 2.94. The molecular formula is C14H19ClO3. The molecule has 0 radical (unpaired) electrons. The number of benzene rings is 1. The zero-order valence-corrected chi connectivity index (χ0v) is 11.4. The summed E-state index contributed by atoms with van der Waals surface area (Å²) in [5, 5.41) is 9.41. The van der Waals surface area contributed by atoms with Crippen LogP contribution in [0.4, 0.5) is 0 Å². The lowest BCUT2D eigenvalue weighted by Gasteiger charge is -2.05. The van der Waals surface area contributed by atoms with Crippen molar-refractivity contribution in [3.8, 4) is 11.5 Å². The predicted molar refractivity (Wildman–Crippen MR) is 72.1 cm³/mol. The molecule has 4 heteroatoms. The molecule has 0 fully saturated rings. The van der Waals surface area contributed by atoms with Crippen molar-refractivity contribution in [2.24, 2.45) is 0 Å². The zero-order valence-electron chi connectivity index (χ0n) is 10.6. The molecule has 1 aromatic carbocycles. The molecule has 0 aromatic heterocycles. The monoisotopic (exact) mass is 270 g/mol. The summed E-state index contributed by atoms with van der Waals surface area (Å²) >= 11 is 5.72. The molecule has 1 N–H and O–H groups in total. The third kappa shape index (κ3) is 5.41. The van der Waals surface area contributed by atoms with E-state index < -0.39 is 0 Å². The number of rotatable bonds is 7. The first-order valence-electron chi connectivity index (χ1n) is 6.32. The number of halogens is 1. The zero-order chi connectivity index (χ0) is 13.4. The minimum absolute atomic E-state index is 0.0176. The molecule has 1 aromatic rings. The SMILES string of the molecule is CCCCCCCC(=O)Oc1ccc(O)c(Cl)c1. The van der Waals surface area contributed by atoms with Gasteiger partial charge in [-0.05, 0) is 18.6 Å². The van der Waals surface area contributed by atoms with E-state index in [0.29, 0.717) is 12.2 Å². The van der Waals surface area contributed by atoms with E-state index in [4.69, 9.17) is 16.3 Å². The van der Waals surface area contributed by atoms with Gasteiger partial charge in [0, 0.05) is 12.5 Å². The van der Waals surface area contributed by atoms with Crippen molar-refractivity contribution in [3.05, 3.63) is 23.2 Å². The van der Waals surface area contributed by atoms with E-state index in [-0.39, 0.29) is 16.7 Å². The van der Waals surface area contributed by atoms with E-state index in [1.54, 1.807) is 0 Å². The Morgan fingerprint density at radius 2 is 2.00 bits per heavy atom. The molecular weight excluding hydrogens is 252 g/mol. The van der Waals surface area contributed by atoms with E-state index in [2.05, 4.69) is 6.92 Å². The Balaban J connectivity index is 2.29. The quantitative estimate of drug-likeness (QED) is 0.456. The maximum atomic E-state index is 11.5. The van der Waals surface area contributed by atoms with Crippen LogP contribution in [0.3, 0.4) is 0 Å². The van der Waals surface area contributed by atoms with Crippen molar-refractivity contribution in [1.29, 1.82) is 0 Å². The van der Waals surface area contributed by atoms with Gasteiger partial charge < -0.3 is 9.84 Å². The van der Waals surface area contributed by atoms with Crippen LogP contribution in [0.15, 0.2) is 18.2 Å². The fourth-order valence-electron chi connectivity index (χ4n) is 1.61. The lowest BCUT2D eigenvalue weighted by Crippen LogP contribution is -2.07. The van der Waals surface area contributed by atoms with E-state index >= 15 is 0 Å². The topological polar surface area (TPSA) is 46.5 Å². The number of phenolic OH excluding ortho intramolecular Hbond substituents is 1. The normalized spacial score (nSPS) is 10.3. The summed E-state index contributed by atoms with van der Waals surface area (Å²) in [6.07, 6.45) is 5.89. The fraction of sp³-hybridized carbons (Fsp3) is 0.500. The highest BCUT2D eigenvalue weighted by atomic mass is 35.5. The number of hydrogen-bond acceptors (Lipinski definition) is 3. The van der Waals surface area contributed by atoms with Gasteiger partial charge in [-0.1, -0.05) is 44.2 Å². The molecule has 0 bridgehead atoms. The number of carbonyl (C=O) groups is 1. The first kappa shape index (κ1) is 14.8. The van der Waals surface area contributed by atoms with Crippen LogP contribution in [0.2, 0.25) is 5.02 Å². The summed E-state index contributed by atoms with van der Waals surface area (Å²) in [6.45, 7) is 2.16. The number of hydrogen-bond donors (Lipinski definition) is 1. The molecule has 0 aliphatic rings. The first-order chi connectivity index (χ1) is 8.63. The van der Waals surface area contributed by atoms with Crippen molar-refractivity contribution in [2.45, 2.75) is 45.4 Å². The highest BCUT2D eigenvalue weighted by Crippen LogP contribution is 2.27. The second kappa shape index (κ2) is 7.98. The van der Waals surface area contributed by atoms with Crippen LogP contribution in [0.1, 0.15) is 45.4 Å². The van der Waals surface area contributed by atoms with Gasteiger partial charge in [0.25, 0.3) is 0 Å². The molecule has 0 amide bonds. The van der Waals surface area contributed by atoms with Gasteiger partial charge in [0.2, 0.25) is 0 Å². The van der Waals surface area contributed by atoms with Gasteiger partial charge in [0.05, 0.1) is 5.02 Å². The molecule has 100 valence electrons. The molecule has 0 atom stereocenters. The van der Waals surface area contributed by atoms with E-state index in [1.165, 1.54) is 31.0 Å². The van der Waals surface area contributed by atoms with Gasteiger partial charge in [0.15, 0.2) is 0 Å². The van der Waals surface area contributed by atoms with Crippen LogP contribution in [0.5, 0.6) is 11.5 Å². The predicted octanol–water partition coefficient (Wildman–Crippen LogP) is 4.31. The first-order valence-corrected chi connectivity index (χ1v) is 6.70. The number of ether oxygens (including phenoxy) is 1. The van der Waals surface area contributed by atoms with Crippen molar-refractivity contribution in [3.63, 3.8) is 0 Å². The molecule has 0 spiro atoms. The highest BCUT2D eigenvalue weighted by Gasteiger charge is 2.06. The number of unbranched alkanes of at least 4 members (excludes halogenated alkanes) is 4. The Morgan fingerprint density at radius 3 is 2.67 bits per heavy atom. The van der Waals surface area contributed by atoms with E-state index in [9.17, 15) is 9.90 Å². The average Bonchev–Trinajstić information content (AvgIpc) is 2.34. The maximum Gasteiger partial charge on any atom is 0.311 e. The minimum Gasteiger partial charge on any atom is -0.506 e. The van der Waals surface area contributed by atoms with Gasteiger partial charge >= 0.3 is 5.97 Å². The van der Waals surface area contributed by atoms with E-state index in [1.807, 2.05) is 0 Å². The van der Waals surface area contributed by atoms with Crippen molar-refractivity contribution < 1.29 is 14.6 Å². The molecule has 0 heterocycles. The van der Waals surface area contributed by atoms with Crippen LogP contribution < -0.4 is 4.74 Å². The summed E-state index contributed by atoms with van der Waals surface area (Å²) in [4.78, 5) is 11.5. The third-order valence-electron chi connectivity index (χ3n) is 2.64. The summed E-state index contributed by atoms with van der Waals surface area (Å²) < 4.78 is 5.12. The average molecular weight is 271 g/mol. The fourth-order valence-corrected chi connectivity index (χ4v) is 1.78. The van der Waals surface area contributed by atoms with Gasteiger partial charge in [-0.3, -0.25) is 4.79 Å². The highest BCUT2D eigenvalue weighted by molar-refractivity contribution is 6.32. The van der Waals surface area contributed by atoms with Crippen LogP contribution >= 0.6 is 11.6 Å². The molecule has 0 unspecified atom stereocenters. The standard InChI is InChI=1S/C14H19ClO3/c1-2-3-4-5-6-7-14(17)18-11-8-9-13(16)12(15)10-11/h8-10,16H,2-7H2,1H3. The van der Waals surface area contributed by atoms with Gasteiger partial charge in [-0.25, -0.2) is 0 Å². The smallest absolute Gasteiger partial charge is 0.311 e. The molecule has 0 aliphatic heterocycles. The Hall–Kier alpha value is -1.22. The lowest BCUT2D eigenvalue weighted by molar-refractivity contribution is -0.134. The Kier molecular flexibility index (Phi) is 6.58. The molecule has 3 nitrogen and oxygen atoms in total. The lowest BCUT2D eigenvalue weighted by atomic mass is 10.1. The van der Waals surface area contributed by atoms with Crippen molar-refractivity contribution >= 4 is 17.6 Å². The maximum absolute atomic E-state index is 11.5. The Bertz CT molecular complexity index is 391. The Morgan fingerprint density at radius 1 is 1.28 bits per heavy atom. The number of aromatic hydroxyl groups is 1. The van der Waals surface area contributed by atoms with Gasteiger partial charge in [0.1, 0.15) is 11.5 Å². The van der Waals surface area contributed by atoms with Crippen LogP contribution in [-0.4, -0.2) is 11.1 Å². The van der Waals surface area contributed by atoms with Crippen LogP contribution in [0, 0.1) is 0 Å². The molecule has 0 aliphatic carbocycles. The van der Waals surface area contributed by atoms with Crippen molar-refractivity contribution in [2.75, 3.05) is 0 Å². The van der Waals surface area contributed by atoms with Gasteiger partial charge in [-0.15, -0.1) is 0 Å². The number of carbonyl (C=O) groups excluding carboxylic acids is 1. The molecule has 0 saturated carbocycles. The minimum atomic E-state index is -0.256. The summed E-state index contributed by atoms with van der Waals surface area (Å²) in [7, 11) is 0.